The topological polar surface area (TPSA) is 57.7 Å². The third kappa shape index (κ3) is 4.47. The molecule has 0 aromatic carbocycles. The Balaban J connectivity index is 1.97. The summed E-state index contributed by atoms with van der Waals surface area (Å²) in [6, 6.07) is 2.92. The molecule has 2 fully saturated rings. The van der Waals surface area contributed by atoms with Gasteiger partial charge in [0.1, 0.15) is 0 Å². The maximum Gasteiger partial charge on any atom is 0.228 e. The molecule has 27 heavy (non-hydrogen) atoms. The van der Waals surface area contributed by atoms with Crippen molar-refractivity contribution in [2.75, 3.05) is 44.2 Å². The Labute approximate surface area is 161 Å². The van der Waals surface area contributed by atoms with Crippen LogP contribution in [0.1, 0.15) is 40.0 Å². The van der Waals surface area contributed by atoms with Gasteiger partial charge in [0, 0.05) is 57.5 Å². The summed E-state index contributed by atoms with van der Waals surface area (Å²) < 4.78 is 20.5. The Morgan fingerprint density at radius 2 is 2.15 bits per heavy atom. The molecule has 0 aliphatic carbocycles. The number of hydrogen-bond donors (Lipinski definition) is 1. The van der Waals surface area contributed by atoms with Gasteiger partial charge in [-0.1, -0.05) is 6.92 Å². The van der Waals surface area contributed by atoms with E-state index in [-0.39, 0.29) is 22.9 Å². The molecule has 1 amide bonds. The summed E-state index contributed by atoms with van der Waals surface area (Å²) in [5.74, 6) is -0.435. The summed E-state index contributed by atoms with van der Waals surface area (Å²) in [6.07, 6.45) is 3.47. The molecule has 0 radical (unpaired) electrons. The van der Waals surface area contributed by atoms with Crippen molar-refractivity contribution in [3.63, 3.8) is 0 Å². The number of piperazine rings is 1. The van der Waals surface area contributed by atoms with E-state index >= 15 is 0 Å². The largest absolute Gasteiger partial charge is 0.375 e. The molecule has 1 unspecified atom stereocenters. The zero-order valence-electron chi connectivity index (χ0n) is 16.6. The van der Waals surface area contributed by atoms with Crippen molar-refractivity contribution in [3.05, 3.63) is 24.1 Å². The molecule has 2 aliphatic heterocycles. The van der Waals surface area contributed by atoms with Crippen molar-refractivity contribution in [1.29, 1.82) is 0 Å². The standard InChI is InChI=1S/C20H31FN4O2/c1-4-17(26)25(18-16(21)6-5-8-23-18)15-20(24-11-9-22-10-12-24)7-13-27-19(2,3)14-20/h5-6,8,22H,4,7,9-15H2,1-3H3. The lowest BCUT2D eigenvalue weighted by atomic mass is 9.78. The van der Waals surface area contributed by atoms with Crippen molar-refractivity contribution in [2.45, 2.75) is 51.2 Å². The van der Waals surface area contributed by atoms with Crippen LogP contribution in [0.4, 0.5) is 10.2 Å². The Kier molecular flexibility index (Phi) is 6.13. The molecule has 2 aliphatic rings. The van der Waals surface area contributed by atoms with E-state index in [1.807, 2.05) is 6.92 Å². The maximum absolute atomic E-state index is 14.5. The van der Waals surface area contributed by atoms with Gasteiger partial charge in [0.25, 0.3) is 0 Å². The number of amides is 1. The van der Waals surface area contributed by atoms with Crippen LogP contribution in [-0.4, -0.2) is 66.3 Å². The number of aromatic nitrogens is 1. The number of rotatable bonds is 5. The lowest BCUT2D eigenvalue weighted by Gasteiger charge is -2.53. The van der Waals surface area contributed by atoms with E-state index in [0.717, 1.165) is 39.0 Å². The minimum atomic E-state index is -0.457. The van der Waals surface area contributed by atoms with Gasteiger partial charge in [0.15, 0.2) is 11.6 Å². The molecular formula is C20H31FN4O2. The molecule has 0 bridgehead atoms. The first-order valence-corrected chi connectivity index (χ1v) is 9.87. The average molecular weight is 378 g/mol. The van der Waals surface area contributed by atoms with Gasteiger partial charge in [0.05, 0.1) is 5.60 Å². The number of anilines is 1. The van der Waals surface area contributed by atoms with Crippen molar-refractivity contribution in [1.82, 2.24) is 15.2 Å². The molecule has 7 heteroatoms. The Morgan fingerprint density at radius 3 is 2.78 bits per heavy atom. The van der Waals surface area contributed by atoms with E-state index in [2.05, 4.69) is 29.0 Å². The summed E-state index contributed by atoms with van der Waals surface area (Å²) >= 11 is 0. The van der Waals surface area contributed by atoms with Gasteiger partial charge in [-0.3, -0.25) is 14.6 Å². The zero-order chi connectivity index (χ0) is 19.5. The third-order valence-corrected chi connectivity index (χ3v) is 5.65. The zero-order valence-corrected chi connectivity index (χ0v) is 16.6. The van der Waals surface area contributed by atoms with Crippen LogP contribution in [0.25, 0.3) is 0 Å². The van der Waals surface area contributed by atoms with Crippen LogP contribution >= 0.6 is 0 Å². The van der Waals surface area contributed by atoms with Crippen LogP contribution in [-0.2, 0) is 9.53 Å². The van der Waals surface area contributed by atoms with Crippen LogP contribution in [0.15, 0.2) is 18.3 Å². The highest BCUT2D eigenvalue weighted by Crippen LogP contribution is 2.38. The number of carbonyl (C=O) groups excluding carboxylic acids is 1. The van der Waals surface area contributed by atoms with Crippen molar-refractivity contribution in [2.24, 2.45) is 0 Å². The number of nitrogens with zero attached hydrogens (tertiary/aromatic N) is 3. The minimum Gasteiger partial charge on any atom is -0.375 e. The summed E-state index contributed by atoms with van der Waals surface area (Å²) in [5, 5.41) is 3.39. The highest BCUT2D eigenvalue weighted by molar-refractivity contribution is 5.92. The van der Waals surface area contributed by atoms with Crippen LogP contribution < -0.4 is 10.2 Å². The predicted octanol–water partition coefficient (Wildman–Crippen LogP) is 2.20. The van der Waals surface area contributed by atoms with Gasteiger partial charge in [-0.15, -0.1) is 0 Å². The van der Waals surface area contributed by atoms with Gasteiger partial charge in [0.2, 0.25) is 5.91 Å². The Bertz CT molecular complexity index is 663. The molecule has 1 atom stereocenters. The predicted molar refractivity (Wildman–Crippen MR) is 103 cm³/mol. The van der Waals surface area contributed by atoms with Crippen LogP contribution in [0.5, 0.6) is 0 Å². The molecule has 3 rings (SSSR count). The van der Waals surface area contributed by atoms with Crippen LogP contribution in [0, 0.1) is 5.82 Å². The normalized spacial score (nSPS) is 25.9. The number of pyridine rings is 1. The van der Waals surface area contributed by atoms with Gasteiger partial charge in [-0.25, -0.2) is 9.37 Å². The third-order valence-electron chi connectivity index (χ3n) is 5.65. The number of ether oxygens (including phenoxy) is 1. The average Bonchev–Trinajstić information content (AvgIpc) is 2.66. The van der Waals surface area contributed by atoms with Crippen molar-refractivity contribution in [3.8, 4) is 0 Å². The highest BCUT2D eigenvalue weighted by atomic mass is 19.1. The first kappa shape index (κ1) is 20.2. The quantitative estimate of drug-likeness (QED) is 0.851. The summed E-state index contributed by atoms with van der Waals surface area (Å²) in [5.41, 5.74) is -0.536. The molecule has 6 nitrogen and oxygen atoms in total. The minimum absolute atomic E-state index is 0.105. The maximum atomic E-state index is 14.5. The summed E-state index contributed by atoms with van der Waals surface area (Å²) in [6.45, 7) is 10.7. The second-order valence-electron chi connectivity index (χ2n) is 8.14. The van der Waals surface area contributed by atoms with Crippen LogP contribution in [0.2, 0.25) is 0 Å². The van der Waals surface area contributed by atoms with Gasteiger partial charge in [-0.05, 0) is 38.8 Å². The van der Waals surface area contributed by atoms with Gasteiger partial charge >= 0.3 is 0 Å². The molecule has 1 aromatic rings. The Hall–Kier alpha value is -1.57. The lowest BCUT2D eigenvalue weighted by Crippen LogP contribution is -2.65. The fraction of sp³-hybridized carbons (Fsp3) is 0.700. The molecule has 0 saturated carbocycles. The molecule has 150 valence electrons. The Morgan fingerprint density at radius 1 is 1.41 bits per heavy atom. The van der Waals surface area contributed by atoms with E-state index in [1.54, 1.807) is 17.2 Å². The molecule has 1 aromatic heterocycles. The lowest BCUT2D eigenvalue weighted by molar-refractivity contribution is -0.127. The molecular weight excluding hydrogens is 347 g/mol. The fourth-order valence-corrected chi connectivity index (χ4v) is 4.44. The number of halogens is 1. The summed E-state index contributed by atoms with van der Waals surface area (Å²) in [7, 11) is 0. The first-order chi connectivity index (χ1) is 12.9. The van der Waals surface area contributed by atoms with Gasteiger partial charge in [-0.2, -0.15) is 0 Å². The molecule has 0 spiro atoms. The molecule has 2 saturated heterocycles. The smallest absolute Gasteiger partial charge is 0.228 e. The SMILES string of the molecule is CCC(=O)N(CC1(N2CCNCC2)CCOC(C)(C)C1)c1ncccc1F. The van der Waals surface area contributed by atoms with E-state index in [1.165, 1.54) is 6.07 Å². The van der Waals surface area contributed by atoms with Crippen LogP contribution in [0.3, 0.4) is 0 Å². The highest BCUT2D eigenvalue weighted by Gasteiger charge is 2.47. The fourth-order valence-electron chi connectivity index (χ4n) is 4.44. The van der Waals surface area contributed by atoms with E-state index in [9.17, 15) is 9.18 Å². The second-order valence-corrected chi connectivity index (χ2v) is 8.14. The number of hydrogen-bond acceptors (Lipinski definition) is 5. The van der Waals surface area contributed by atoms with Crippen molar-refractivity contribution >= 4 is 11.7 Å². The van der Waals surface area contributed by atoms with E-state index < -0.39 is 5.82 Å². The van der Waals surface area contributed by atoms with Gasteiger partial charge < -0.3 is 10.1 Å². The van der Waals surface area contributed by atoms with Crippen molar-refractivity contribution < 1.29 is 13.9 Å². The number of nitrogens with one attached hydrogen (secondary N) is 1. The second kappa shape index (κ2) is 8.20. The monoisotopic (exact) mass is 378 g/mol. The first-order valence-electron chi connectivity index (χ1n) is 9.87. The molecule has 1 N–H and O–H groups in total. The van der Waals surface area contributed by atoms with E-state index in [0.29, 0.717) is 19.6 Å². The summed E-state index contributed by atoms with van der Waals surface area (Å²) in [4.78, 5) is 21.0. The molecule has 3 heterocycles. The number of carbonyl (C=O) groups is 1. The van der Waals surface area contributed by atoms with E-state index in [4.69, 9.17) is 4.74 Å².